The van der Waals surface area contributed by atoms with Crippen LogP contribution in [0, 0.1) is 0 Å². The van der Waals surface area contributed by atoms with Crippen LogP contribution >= 0.6 is 0 Å². The van der Waals surface area contributed by atoms with Crippen LogP contribution in [0.5, 0.6) is 0 Å². The molecule has 1 amide bonds. The third kappa shape index (κ3) is 2.89. The number of esters is 1. The number of hydrogen-bond acceptors (Lipinski definition) is 3. The van der Waals surface area contributed by atoms with Gasteiger partial charge in [-0.2, -0.15) is 0 Å². The molecular formula is C9H15NO3. The van der Waals surface area contributed by atoms with Crippen molar-refractivity contribution in [3.63, 3.8) is 0 Å². The van der Waals surface area contributed by atoms with E-state index in [-0.39, 0.29) is 5.91 Å². The van der Waals surface area contributed by atoms with Gasteiger partial charge in [-0.15, -0.1) is 0 Å². The molecule has 0 N–H and O–H groups in total. The van der Waals surface area contributed by atoms with Crippen LogP contribution < -0.4 is 0 Å². The number of nitrogens with zero attached hydrogens (tertiary/aromatic N) is 1. The molecule has 0 aromatic heterocycles. The molecule has 0 radical (unpaired) electrons. The molecule has 0 heterocycles. The van der Waals surface area contributed by atoms with Crippen molar-refractivity contribution < 1.29 is 14.3 Å². The van der Waals surface area contributed by atoms with Gasteiger partial charge in [0.25, 0.3) is 0 Å². The lowest BCUT2D eigenvalue weighted by Crippen LogP contribution is -2.42. The first kappa shape index (κ1) is 11.7. The van der Waals surface area contributed by atoms with Gasteiger partial charge in [0.05, 0.1) is 7.11 Å². The smallest absolute Gasteiger partial charge is 0.328 e. The third-order valence-corrected chi connectivity index (χ3v) is 1.81. The lowest BCUT2D eigenvalue weighted by atomic mass is 10.2. The van der Waals surface area contributed by atoms with Crippen LogP contribution in [0.25, 0.3) is 0 Å². The van der Waals surface area contributed by atoms with Crippen molar-refractivity contribution in [1.29, 1.82) is 0 Å². The molecule has 0 aromatic rings. The molecule has 0 aliphatic rings. The first-order valence-corrected chi connectivity index (χ1v) is 4.09. The Kier molecular flexibility index (Phi) is 4.80. The second kappa shape index (κ2) is 5.35. The fraction of sp³-hybridized carbons (Fsp3) is 0.556. The minimum absolute atomic E-state index is 0.264. The summed E-state index contributed by atoms with van der Waals surface area (Å²) < 4.78 is 4.52. The van der Waals surface area contributed by atoms with Crippen LogP contribution in [0.3, 0.4) is 0 Å². The number of hydrogen-bond donors (Lipinski definition) is 0. The average molecular weight is 185 g/mol. The first-order chi connectivity index (χ1) is 6.08. The predicted molar refractivity (Wildman–Crippen MR) is 49.1 cm³/mol. The van der Waals surface area contributed by atoms with Gasteiger partial charge in [0, 0.05) is 6.54 Å². The summed E-state index contributed by atoms with van der Waals surface area (Å²) >= 11 is 0. The van der Waals surface area contributed by atoms with Crippen LogP contribution in [0.15, 0.2) is 12.7 Å². The van der Waals surface area contributed by atoms with Crippen molar-refractivity contribution in [2.45, 2.75) is 19.9 Å². The van der Waals surface area contributed by atoms with Gasteiger partial charge in [-0.1, -0.05) is 6.58 Å². The summed E-state index contributed by atoms with van der Waals surface area (Å²) in [7, 11) is 1.30. The van der Waals surface area contributed by atoms with Crippen molar-refractivity contribution in [1.82, 2.24) is 4.90 Å². The van der Waals surface area contributed by atoms with E-state index in [0.717, 1.165) is 0 Å². The summed E-state index contributed by atoms with van der Waals surface area (Å²) in [4.78, 5) is 23.7. The van der Waals surface area contributed by atoms with Crippen LogP contribution in [-0.4, -0.2) is 36.5 Å². The van der Waals surface area contributed by atoms with Gasteiger partial charge >= 0.3 is 5.97 Å². The van der Waals surface area contributed by atoms with E-state index in [2.05, 4.69) is 11.3 Å². The van der Waals surface area contributed by atoms with Gasteiger partial charge in [-0.25, -0.2) is 4.79 Å². The highest BCUT2D eigenvalue weighted by Gasteiger charge is 2.22. The van der Waals surface area contributed by atoms with E-state index in [1.165, 1.54) is 18.1 Å². The van der Waals surface area contributed by atoms with Crippen molar-refractivity contribution in [2.75, 3.05) is 13.7 Å². The number of methoxy groups -OCH3 is 1. The Morgan fingerprint density at radius 1 is 1.62 bits per heavy atom. The zero-order valence-electron chi connectivity index (χ0n) is 8.24. The molecule has 0 rings (SSSR count). The molecule has 13 heavy (non-hydrogen) atoms. The molecule has 0 saturated heterocycles. The normalized spacial score (nSPS) is 11.6. The molecule has 4 nitrogen and oxygen atoms in total. The van der Waals surface area contributed by atoms with Gasteiger partial charge in [-0.05, 0) is 19.9 Å². The molecule has 0 aliphatic heterocycles. The number of rotatable bonds is 4. The SMILES string of the molecule is C=CC(=O)N(CC)[C@@H](C)C(=O)OC. The Hall–Kier alpha value is -1.32. The second-order valence-corrected chi connectivity index (χ2v) is 2.53. The molecular weight excluding hydrogens is 170 g/mol. The summed E-state index contributed by atoms with van der Waals surface area (Å²) in [5.74, 6) is -0.683. The molecule has 0 fully saturated rings. The van der Waals surface area contributed by atoms with E-state index in [4.69, 9.17) is 0 Å². The van der Waals surface area contributed by atoms with E-state index in [9.17, 15) is 9.59 Å². The minimum Gasteiger partial charge on any atom is -0.467 e. The number of carbonyl (C=O) groups excluding carboxylic acids is 2. The lowest BCUT2D eigenvalue weighted by Gasteiger charge is -2.24. The van der Waals surface area contributed by atoms with Gasteiger partial charge in [0.15, 0.2) is 0 Å². The summed E-state index contributed by atoms with van der Waals surface area (Å²) in [6, 6.07) is -0.555. The molecule has 0 aliphatic carbocycles. The van der Waals surface area contributed by atoms with Gasteiger partial charge in [0.2, 0.25) is 5.91 Å². The lowest BCUT2D eigenvalue weighted by molar-refractivity contribution is -0.150. The number of amides is 1. The number of likely N-dealkylation sites (N-methyl/N-ethyl adjacent to an activating group) is 1. The summed E-state index contributed by atoms with van der Waals surface area (Å²) in [6.07, 6.45) is 1.18. The highest BCUT2D eigenvalue weighted by atomic mass is 16.5. The fourth-order valence-electron chi connectivity index (χ4n) is 1.04. The Morgan fingerprint density at radius 2 is 2.15 bits per heavy atom. The standard InChI is InChI=1S/C9H15NO3/c1-5-8(11)10(6-2)7(3)9(12)13-4/h5,7H,1,6H2,2-4H3/t7-/m0/s1. The highest BCUT2D eigenvalue weighted by molar-refractivity contribution is 5.90. The van der Waals surface area contributed by atoms with Crippen molar-refractivity contribution in [3.8, 4) is 0 Å². The highest BCUT2D eigenvalue weighted by Crippen LogP contribution is 2.01. The van der Waals surface area contributed by atoms with Gasteiger partial charge < -0.3 is 9.64 Å². The van der Waals surface area contributed by atoms with Crippen LogP contribution in [0.2, 0.25) is 0 Å². The van der Waals surface area contributed by atoms with E-state index in [1.54, 1.807) is 13.8 Å². The summed E-state index contributed by atoms with van der Waals surface area (Å²) in [6.45, 7) is 7.23. The zero-order chi connectivity index (χ0) is 10.4. The topological polar surface area (TPSA) is 46.6 Å². The maximum Gasteiger partial charge on any atom is 0.328 e. The van der Waals surface area contributed by atoms with Gasteiger partial charge in [-0.3, -0.25) is 4.79 Å². The largest absolute Gasteiger partial charge is 0.467 e. The first-order valence-electron chi connectivity index (χ1n) is 4.09. The van der Waals surface area contributed by atoms with Crippen molar-refractivity contribution >= 4 is 11.9 Å². The molecule has 0 spiro atoms. The minimum atomic E-state index is -0.555. The molecule has 0 aromatic carbocycles. The fourth-order valence-corrected chi connectivity index (χ4v) is 1.04. The summed E-state index contributed by atoms with van der Waals surface area (Å²) in [5, 5.41) is 0. The van der Waals surface area contributed by atoms with Crippen LogP contribution in [-0.2, 0) is 14.3 Å². The van der Waals surface area contributed by atoms with Crippen LogP contribution in [0.1, 0.15) is 13.8 Å². The predicted octanol–water partition coefficient (Wildman–Crippen LogP) is 0.582. The summed E-state index contributed by atoms with van der Waals surface area (Å²) in [5.41, 5.74) is 0. The third-order valence-electron chi connectivity index (χ3n) is 1.81. The Balaban J connectivity index is 4.48. The monoisotopic (exact) mass is 185 g/mol. The zero-order valence-corrected chi connectivity index (χ0v) is 8.24. The number of ether oxygens (including phenoxy) is 1. The average Bonchev–Trinajstić information content (AvgIpc) is 2.17. The molecule has 0 bridgehead atoms. The second-order valence-electron chi connectivity index (χ2n) is 2.53. The van der Waals surface area contributed by atoms with E-state index < -0.39 is 12.0 Å². The van der Waals surface area contributed by atoms with E-state index >= 15 is 0 Å². The maximum absolute atomic E-state index is 11.2. The number of carbonyl (C=O) groups is 2. The van der Waals surface area contributed by atoms with Crippen molar-refractivity contribution in [3.05, 3.63) is 12.7 Å². The molecule has 4 heteroatoms. The quantitative estimate of drug-likeness (QED) is 0.475. The van der Waals surface area contributed by atoms with Gasteiger partial charge in [0.1, 0.15) is 6.04 Å². The maximum atomic E-state index is 11.2. The molecule has 0 unspecified atom stereocenters. The Labute approximate surface area is 78.2 Å². The molecule has 74 valence electrons. The van der Waals surface area contributed by atoms with E-state index in [1.807, 2.05) is 0 Å². The molecule has 0 saturated carbocycles. The Bertz CT molecular complexity index is 213. The Morgan fingerprint density at radius 3 is 2.46 bits per heavy atom. The molecule has 1 atom stereocenters. The van der Waals surface area contributed by atoms with Crippen molar-refractivity contribution in [2.24, 2.45) is 0 Å². The van der Waals surface area contributed by atoms with Crippen LogP contribution in [0.4, 0.5) is 0 Å². The van der Waals surface area contributed by atoms with E-state index in [0.29, 0.717) is 6.54 Å².